The van der Waals surface area contributed by atoms with E-state index in [9.17, 15) is 13.2 Å². The van der Waals surface area contributed by atoms with Gasteiger partial charge in [-0.05, 0) is 19.4 Å². The van der Waals surface area contributed by atoms with Crippen molar-refractivity contribution in [2.45, 2.75) is 53.2 Å². The van der Waals surface area contributed by atoms with Gasteiger partial charge >= 0.3 is 0 Å². The van der Waals surface area contributed by atoms with Gasteiger partial charge in [-0.25, -0.2) is 8.42 Å². The predicted molar refractivity (Wildman–Crippen MR) is 93.7 cm³/mol. The average molecular weight is 349 g/mol. The van der Waals surface area contributed by atoms with E-state index in [1.807, 2.05) is 27.7 Å². The van der Waals surface area contributed by atoms with Gasteiger partial charge < -0.3 is 10.1 Å². The molecule has 6 nitrogen and oxygen atoms in total. The second-order valence-corrected chi connectivity index (χ2v) is 8.31. The van der Waals surface area contributed by atoms with E-state index < -0.39 is 15.4 Å². The highest BCUT2D eigenvalue weighted by Crippen LogP contribution is 2.28. The van der Waals surface area contributed by atoms with E-state index in [1.54, 1.807) is 20.0 Å². The molecule has 0 bridgehead atoms. The zero-order chi connectivity index (χ0) is 18.3. The Balaban J connectivity index is 5.42. The fraction of sp³-hybridized carbons (Fsp3) is 0.812. The summed E-state index contributed by atoms with van der Waals surface area (Å²) in [5, 5.41) is 2.53. The van der Waals surface area contributed by atoms with Gasteiger partial charge in [-0.1, -0.05) is 33.8 Å². The summed E-state index contributed by atoms with van der Waals surface area (Å²) in [6, 6.07) is 0. The summed E-state index contributed by atoms with van der Waals surface area (Å²) in [5.74, 6) is -0.198. The highest BCUT2D eigenvalue weighted by Gasteiger charge is 2.33. The Morgan fingerprint density at radius 2 is 1.91 bits per heavy atom. The minimum Gasteiger partial charge on any atom is -0.373 e. The van der Waals surface area contributed by atoms with Crippen LogP contribution in [0.15, 0.2) is 12.2 Å². The standard InChI is InChI=1S/C16H32N2O4S/c1-8-13(3)22-14(12-18(9-2)23(7,20)21)16(4,5)11-10-15(19)17-6/h10-11,13-14H,8-9,12H2,1-7H3,(H,17,19). The number of hydrogen-bond acceptors (Lipinski definition) is 4. The van der Waals surface area contributed by atoms with Crippen molar-refractivity contribution >= 4 is 15.9 Å². The molecule has 136 valence electrons. The molecule has 0 heterocycles. The van der Waals surface area contributed by atoms with E-state index >= 15 is 0 Å². The summed E-state index contributed by atoms with van der Waals surface area (Å²) in [6.45, 7) is 10.3. The van der Waals surface area contributed by atoms with Gasteiger partial charge in [0, 0.05) is 25.6 Å². The second kappa shape index (κ2) is 9.39. The van der Waals surface area contributed by atoms with Crippen LogP contribution in [0.4, 0.5) is 0 Å². The molecule has 23 heavy (non-hydrogen) atoms. The minimum atomic E-state index is -3.30. The van der Waals surface area contributed by atoms with E-state index in [0.717, 1.165) is 6.42 Å². The van der Waals surface area contributed by atoms with Gasteiger partial charge in [0.2, 0.25) is 15.9 Å². The van der Waals surface area contributed by atoms with E-state index in [2.05, 4.69) is 5.32 Å². The van der Waals surface area contributed by atoms with Crippen molar-refractivity contribution in [2.75, 3.05) is 26.4 Å². The maximum absolute atomic E-state index is 11.9. The summed E-state index contributed by atoms with van der Waals surface area (Å²) in [4.78, 5) is 11.5. The monoisotopic (exact) mass is 348 g/mol. The summed E-state index contributed by atoms with van der Waals surface area (Å²) in [7, 11) is -1.73. The quantitative estimate of drug-likeness (QED) is 0.611. The Hall–Kier alpha value is -0.920. The molecule has 0 saturated carbocycles. The molecule has 0 fully saturated rings. The highest BCUT2D eigenvalue weighted by atomic mass is 32.2. The normalized spacial score (nSPS) is 15.8. The maximum Gasteiger partial charge on any atom is 0.243 e. The molecule has 0 aliphatic heterocycles. The summed E-state index contributed by atoms with van der Waals surface area (Å²) < 4.78 is 31.2. The third-order valence-electron chi connectivity index (χ3n) is 3.90. The minimum absolute atomic E-state index is 0.00550. The van der Waals surface area contributed by atoms with Crippen LogP contribution >= 0.6 is 0 Å². The first kappa shape index (κ1) is 22.1. The number of nitrogens with one attached hydrogen (secondary N) is 1. The fourth-order valence-electron chi connectivity index (χ4n) is 2.00. The lowest BCUT2D eigenvalue weighted by Crippen LogP contribution is -2.45. The van der Waals surface area contributed by atoms with Crippen molar-refractivity contribution in [1.82, 2.24) is 9.62 Å². The molecule has 0 aliphatic carbocycles. The molecule has 0 aromatic rings. The Kier molecular flexibility index (Phi) is 9.02. The molecular weight excluding hydrogens is 316 g/mol. The van der Waals surface area contributed by atoms with Crippen LogP contribution < -0.4 is 5.32 Å². The first-order chi connectivity index (χ1) is 10.5. The van der Waals surface area contributed by atoms with Crippen LogP contribution in [0.3, 0.4) is 0 Å². The summed E-state index contributed by atoms with van der Waals surface area (Å²) >= 11 is 0. The third kappa shape index (κ3) is 7.94. The Labute approximate surface area is 141 Å². The van der Waals surface area contributed by atoms with Crippen LogP contribution in [0.5, 0.6) is 0 Å². The van der Waals surface area contributed by atoms with Crippen molar-refractivity contribution < 1.29 is 17.9 Å². The van der Waals surface area contributed by atoms with Gasteiger partial charge in [0.1, 0.15) is 0 Å². The number of carbonyl (C=O) groups excluding carboxylic acids is 1. The largest absolute Gasteiger partial charge is 0.373 e. The summed E-state index contributed by atoms with van der Waals surface area (Å²) in [6.07, 6.45) is 4.92. The molecular formula is C16H32N2O4S. The number of rotatable bonds is 10. The van der Waals surface area contributed by atoms with Gasteiger partial charge in [-0.3, -0.25) is 4.79 Å². The van der Waals surface area contributed by atoms with Crippen LogP contribution in [0.1, 0.15) is 41.0 Å². The topological polar surface area (TPSA) is 75.7 Å². The van der Waals surface area contributed by atoms with E-state index in [0.29, 0.717) is 6.54 Å². The van der Waals surface area contributed by atoms with Crippen molar-refractivity contribution in [1.29, 1.82) is 0 Å². The van der Waals surface area contributed by atoms with Crippen molar-refractivity contribution in [3.8, 4) is 0 Å². The number of amides is 1. The van der Waals surface area contributed by atoms with Crippen LogP contribution in [-0.4, -0.2) is 57.2 Å². The van der Waals surface area contributed by atoms with E-state index in [4.69, 9.17) is 4.74 Å². The molecule has 7 heteroatoms. The lowest BCUT2D eigenvalue weighted by atomic mass is 9.85. The molecule has 1 amide bonds. The van der Waals surface area contributed by atoms with Crippen LogP contribution in [0, 0.1) is 5.41 Å². The number of carbonyl (C=O) groups is 1. The van der Waals surface area contributed by atoms with Crippen molar-refractivity contribution in [3.63, 3.8) is 0 Å². The van der Waals surface area contributed by atoms with Gasteiger partial charge in [-0.2, -0.15) is 4.31 Å². The maximum atomic E-state index is 11.9. The van der Waals surface area contributed by atoms with Crippen LogP contribution in [-0.2, 0) is 19.6 Å². The fourth-order valence-corrected chi connectivity index (χ4v) is 2.87. The predicted octanol–water partition coefficient (Wildman–Crippen LogP) is 1.78. The number of hydrogen-bond donors (Lipinski definition) is 1. The van der Waals surface area contributed by atoms with Gasteiger partial charge in [0.25, 0.3) is 0 Å². The lowest BCUT2D eigenvalue weighted by molar-refractivity contribution is -0.116. The zero-order valence-corrected chi connectivity index (χ0v) is 16.2. The van der Waals surface area contributed by atoms with Crippen molar-refractivity contribution in [3.05, 3.63) is 12.2 Å². The molecule has 0 spiro atoms. The first-order valence-corrected chi connectivity index (χ1v) is 9.84. The molecule has 1 N–H and O–H groups in total. The average Bonchev–Trinajstić information content (AvgIpc) is 2.47. The molecule has 0 rings (SSSR count). The third-order valence-corrected chi connectivity index (χ3v) is 5.25. The SMILES string of the molecule is CCC(C)OC(CN(CC)S(C)(=O)=O)C(C)(C)C=CC(=O)NC. The molecule has 2 atom stereocenters. The Morgan fingerprint density at radius 1 is 1.35 bits per heavy atom. The smallest absolute Gasteiger partial charge is 0.243 e. The lowest BCUT2D eigenvalue weighted by Gasteiger charge is -2.36. The number of ether oxygens (including phenoxy) is 1. The van der Waals surface area contributed by atoms with Gasteiger partial charge in [0.15, 0.2) is 0 Å². The molecule has 0 aromatic heterocycles. The number of sulfonamides is 1. The number of nitrogens with zero attached hydrogens (tertiary/aromatic N) is 1. The molecule has 0 saturated heterocycles. The van der Waals surface area contributed by atoms with Crippen molar-refractivity contribution in [2.24, 2.45) is 5.41 Å². The van der Waals surface area contributed by atoms with Crippen LogP contribution in [0.25, 0.3) is 0 Å². The zero-order valence-electron chi connectivity index (χ0n) is 15.4. The Bertz CT molecular complexity index is 500. The van der Waals surface area contributed by atoms with E-state index in [-0.39, 0.29) is 24.7 Å². The molecule has 0 radical (unpaired) electrons. The summed E-state index contributed by atoms with van der Waals surface area (Å²) in [5.41, 5.74) is -0.492. The Morgan fingerprint density at radius 3 is 2.30 bits per heavy atom. The second-order valence-electron chi connectivity index (χ2n) is 6.33. The molecule has 0 aliphatic rings. The van der Waals surface area contributed by atoms with Gasteiger partial charge in [0.05, 0.1) is 18.5 Å². The van der Waals surface area contributed by atoms with Crippen LogP contribution in [0.2, 0.25) is 0 Å². The van der Waals surface area contributed by atoms with E-state index in [1.165, 1.54) is 16.6 Å². The number of likely N-dealkylation sites (N-methyl/N-ethyl adjacent to an activating group) is 2. The molecule has 2 unspecified atom stereocenters. The molecule has 0 aromatic carbocycles. The van der Waals surface area contributed by atoms with Gasteiger partial charge in [-0.15, -0.1) is 0 Å². The first-order valence-electron chi connectivity index (χ1n) is 7.99. The highest BCUT2D eigenvalue weighted by molar-refractivity contribution is 7.88.